The lowest BCUT2D eigenvalue weighted by molar-refractivity contribution is 0.109. The van der Waals surface area contributed by atoms with Gasteiger partial charge in [-0.1, -0.05) is 27.2 Å². The van der Waals surface area contributed by atoms with E-state index in [1.54, 1.807) is 12.1 Å². The second-order valence-electron chi connectivity index (χ2n) is 5.47. The lowest BCUT2D eigenvalue weighted by Gasteiger charge is -2.24. The van der Waals surface area contributed by atoms with Crippen LogP contribution in [0.15, 0.2) is 24.3 Å². The van der Waals surface area contributed by atoms with Crippen LogP contribution in [0.2, 0.25) is 0 Å². The highest BCUT2D eigenvalue weighted by atomic mass is 32.1. The third-order valence-electron chi connectivity index (χ3n) is 3.19. The molecule has 0 unspecified atom stereocenters. The van der Waals surface area contributed by atoms with Gasteiger partial charge in [-0.15, -0.1) is 12.6 Å². The predicted octanol–water partition coefficient (Wildman–Crippen LogP) is 4.38. The Balaban J connectivity index is 2.42. The maximum Gasteiger partial charge on any atom is 0.216 e. The first-order valence-electron chi connectivity index (χ1n) is 6.52. The molecule has 0 saturated carbocycles. The Morgan fingerprint density at radius 1 is 1.22 bits per heavy atom. The van der Waals surface area contributed by atoms with Gasteiger partial charge in [-0.05, 0) is 42.5 Å². The van der Waals surface area contributed by atoms with Crippen LogP contribution in [-0.2, 0) is 0 Å². The highest BCUT2D eigenvalue weighted by Crippen LogP contribution is 2.26. The molecule has 0 saturated heterocycles. The number of benzene rings is 1. The van der Waals surface area contributed by atoms with Gasteiger partial charge in [0.05, 0.1) is 0 Å². The zero-order valence-electron chi connectivity index (χ0n) is 11.5. The first-order chi connectivity index (χ1) is 8.44. The van der Waals surface area contributed by atoms with Crippen molar-refractivity contribution in [3.63, 3.8) is 0 Å². The van der Waals surface area contributed by atoms with E-state index in [4.69, 9.17) is 0 Å². The summed E-state index contributed by atoms with van der Waals surface area (Å²) >= 11 is 3.79. The zero-order chi connectivity index (χ0) is 13.6. The second kappa shape index (κ2) is 6.83. The van der Waals surface area contributed by atoms with Crippen LogP contribution in [0.5, 0.6) is 0 Å². The fourth-order valence-electron chi connectivity index (χ4n) is 2.08. The molecule has 0 spiro atoms. The largest absolute Gasteiger partial charge is 0.385 e. The van der Waals surface area contributed by atoms with Crippen molar-refractivity contribution in [3.8, 4) is 0 Å². The number of thiol groups is 1. The average molecular weight is 265 g/mol. The molecule has 2 nitrogen and oxygen atoms in total. The molecule has 0 amide bonds. The molecular formula is C15H23NOS. The number of anilines is 1. The van der Waals surface area contributed by atoms with E-state index in [9.17, 15) is 4.79 Å². The van der Waals surface area contributed by atoms with E-state index in [1.807, 2.05) is 12.1 Å². The van der Waals surface area contributed by atoms with Crippen molar-refractivity contribution < 1.29 is 4.79 Å². The van der Waals surface area contributed by atoms with Crippen LogP contribution in [0.1, 0.15) is 50.4 Å². The molecule has 0 aliphatic carbocycles. The summed E-state index contributed by atoms with van der Waals surface area (Å²) in [7, 11) is 0. The van der Waals surface area contributed by atoms with E-state index in [0.29, 0.717) is 11.0 Å². The fourth-order valence-corrected chi connectivity index (χ4v) is 2.23. The molecule has 1 N–H and O–H groups in total. The molecule has 3 heteroatoms. The van der Waals surface area contributed by atoms with Gasteiger partial charge >= 0.3 is 0 Å². The van der Waals surface area contributed by atoms with E-state index in [-0.39, 0.29) is 5.12 Å². The maximum absolute atomic E-state index is 11.0. The van der Waals surface area contributed by atoms with Gasteiger partial charge in [0.2, 0.25) is 5.12 Å². The Morgan fingerprint density at radius 2 is 1.83 bits per heavy atom. The molecule has 0 aliphatic rings. The van der Waals surface area contributed by atoms with Crippen LogP contribution in [0, 0.1) is 5.41 Å². The molecule has 0 bridgehead atoms. The zero-order valence-corrected chi connectivity index (χ0v) is 12.4. The fraction of sp³-hybridized carbons (Fsp3) is 0.533. The van der Waals surface area contributed by atoms with Gasteiger partial charge in [-0.3, -0.25) is 4.79 Å². The van der Waals surface area contributed by atoms with Crippen molar-refractivity contribution in [2.45, 2.75) is 40.0 Å². The number of carbonyl (C=O) groups is 1. The van der Waals surface area contributed by atoms with Gasteiger partial charge in [0.25, 0.3) is 0 Å². The minimum Gasteiger partial charge on any atom is -0.385 e. The normalized spacial score (nSPS) is 11.3. The third kappa shape index (κ3) is 5.13. The Bertz CT molecular complexity index is 384. The van der Waals surface area contributed by atoms with Gasteiger partial charge in [-0.25, -0.2) is 0 Å². The van der Waals surface area contributed by atoms with Crippen LogP contribution < -0.4 is 5.32 Å². The number of hydrogen-bond donors (Lipinski definition) is 2. The molecular weight excluding hydrogens is 242 g/mol. The highest BCUT2D eigenvalue weighted by Gasteiger charge is 2.15. The van der Waals surface area contributed by atoms with Crippen molar-refractivity contribution in [1.82, 2.24) is 0 Å². The van der Waals surface area contributed by atoms with Gasteiger partial charge in [-0.2, -0.15) is 0 Å². The quantitative estimate of drug-likeness (QED) is 0.716. The molecule has 0 atom stereocenters. The van der Waals surface area contributed by atoms with E-state index < -0.39 is 0 Å². The van der Waals surface area contributed by atoms with Crippen molar-refractivity contribution >= 4 is 23.4 Å². The molecule has 0 heterocycles. The van der Waals surface area contributed by atoms with Crippen LogP contribution in [-0.4, -0.2) is 11.7 Å². The van der Waals surface area contributed by atoms with Crippen molar-refractivity contribution in [1.29, 1.82) is 0 Å². The first-order valence-corrected chi connectivity index (χ1v) is 6.96. The minimum atomic E-state index is -0.189. The Hall–Kier alpha value is -0.960. The SMILES string of the molecule is CCCC(C)(C)CCNc1ccc(C(=O)S)cc1. The summed E-state index contributed by atoms with van der Waals surface area (Å²) in [5.41, 5.74) is 2.08. The topological polar surface area (TPSA) is 29.1 Å². The summed E-state index contributed by atoms with van der Waals surface area (Å²) in [5.74, 6) is 0. The van der Waals surface area contributed by atoms with Crippen LogP contribution in [0.25, 0.3) is 0 Å². The summed E-state index contributed by atoms with van der Waals surface area (Å²) in [5, 5.41) is 3.20. The van der Waals surface area contributed by atoms with Crippen LogP contribution in [0.3, 0.4) is 0 Å². The summed E-state index contributed by atoms with van der Waals surface area (Å²) < 4.78 is 0. The molecule has 0 radical (unpaired) electrons. The van der Waals surface area contributed by atoms with E-state index in [0.717, 1.165) is 18.7 Å². The number of nitrogens with one attached hydrogen (secondary N) is 1. The van der Waals surface area contributed by atoms with E-state index in [1.165, 1.54) is 12.8 Å². The molecule has 0 aromatic heterocycles. The van der Waals surface area contributed by atoms with Crippen LogP contribution in [0.4, 0.5) is 5.69 Å². The summed E-state index contributed by atoms with van der Waals surface area (Å²) in [4.78, 5) is 11.0. The summed E-state index contributed by atoms with van der Waals surface area (Å²) in [6.45, 7) is 7.80. The van der Waals surface area contributed by atoms with Crippen molar-refractivity contribution in [3.05, 3.63) is 29.8 Å². The van der Waals surface area contributed by atoms with Gasteiger partial charge < -0.3 is 5.32 Å². The Morgan fingerprint density at radius 3 is 2.33 bits per heavy atom. The lowest BCUT2D eigenvalue weighted by Crippen LogP contribution is -2.16. The van der Waals surface area contributed by atoms with Gasteiger partial charge in [0.1, 0.15) is 0 Å². The molecule has 1 aromatic carbocycles. The first kappa shape index (κ1) is 15.1. The Kier molecular flexibility index (Phi) is 5.73. The smallest absolute Gasteiger partial charge is 0.216 e. The molecule has 1 rings (SSSR count). The average Bonchev–Trinajstić information content (AvgIpc) is 2.29. The van der Waals surface area contributed by atoms with Crippen molar-refractivity contribution in [2.24, 2.45) is 5.41 Å². The van der Waals surface area contributed by atoms with E-state index >= 15 is 0 Å². The number of carbonyl (C=O) groups excluding carboxylic acids is 1. The van der Waals surface area contributed by atoms with Crippen molar-refractivity contribution in [2.75, 3.05) is 11.9 Å². The number of hydrogen-bond acceptors (Lipinski definition) is 2. The third-order valence-corrected chi connectivity index (χ3v) is 3.45. The summed E-state index contributed by atoms with van der Waals surface area (Å²) in [6.07, 6.45) is 3.63. The number of rotatable bonds is 7. The van der Waals surface area contributed by atoms with Crippen LogP contribution >= 0.6 is 12.6 Å². The predicted molar refractivity (Wildman–Crippen MR) is 81.6 cm³/mol. The van der Waals surface area contributed by atoms with Gasteiger partial charge in [0, 0.05) is 17.8 Å². The second-order valence-corrected chi connectivity index (χ2v) is 5.88. The molecule has 18 heavy (non-hydrogen) atoms. The van der Waals surface area contributed by atoms with Gasteiger partial charge in [0.15, 0.2) is 0 Å². The standard InChI is InChI=1S/C15H23NOS/c1-4-9-15(2,3)10-11-16-13-7-5-12(6-8-13)14(17)18/h5-8,16H,4,9-11H2,1-3H3,(H,17,18). The lowest BCUT2D eigenvalue weighted by atomic mass is 9.85. The van der Waals surface area contributed by atoms with E-state index in [2.05, 4.69) is 38.7 Å². The summed E-state index contributed by atoms with van der Waals surface area (Å²) in [6, 6.07) is 7.45. The molecule has 1 aromatic rings. The molecule has 100 valence electrons. The maximum atomic E-state index is 11.0. The Labute approximate surface area is 116 Å². The molecule has 0 fully saturated rings. The monoisotopic (exact) mass is 265 g/mol. The highest BCUT2D eigenvalue weighted by molar-refractivity contribution is 7.97. The minimum absolute atomic E-state index is 0.189. The molecule has 0 aliphatic heterocycles.